The second-order valence-corrected chi connectivity index (χ2v) is 8.58. The largest absolute Gasteiger partial charge is 0.478 e. The number of hydrogen-bond donors (Lipinski definition) is 3. The Bertz CT molecular complexity index is 1220. The van der Waals surface area contributed by atoms with Crippen LogP contribution in [0.2, 0.25) is 0 Å². The molecular formula is C28H28N2O5. The summed E-state index contributed by atoms with van der Waals surface area (Å²) in [6, 6.07) is 20.0. The fourth-order valence-corrected chi connectivity index (χ4v) is 4.56. The summed E-state index contributed by atoms with van der Waals surface area (Å²) >= 11 is 0. The molecule has 1 aliphatic carbocycles. The Hall–Kier alpha value is -4.13. The van der Waals surface area contributed by atoms with Crippen molar-refractivity contribution in [3.63, 3.8) is 0 Å². The van der Waals surface area contributed by atoms with Gasteiger partial charge in [-0.1, -0.05) is 67.9 Å². The van der Waals surface area contributed by atoms with Crippen molar-refractivity contribution in [2.75, 3.05) is 11.9 Å². The highest BCUT2D eigenvalue weighted by Gasteiger charge is 2.29. The summed E-state index contributed by atoms with van der Waals surface area (Å²) in [5.74, 6) is -1.57. The number of rotatable bonds is 8. The van der Waals surface area contributed by atoms with Gasteiger partial charge >= 0.3 is 12.1 Å². The van der Waals surface area contributed by atoms with Crippen molar-refractivity contribution < 1.29 is 24.2 Å². The Labute approximate surface area is 204 Å². The van der Waals surface area contributed by atoms with Gasteiger partial charge in [-0.25, -0.2) is 9.59 Å². The molecule has 0 heterocycles. The van der Waals surface area contributed by atoms with Gasteiger partial charge in [-0.2, -0.15) is 0 Å². The molecule has 0 spiro atoms. The standard InChI is InChI=1S/C28H28N2O5/c1-3-9-25(26(31)29-24-15-8-14-18(17(24)2)27(32)33)30-28(34)35-16-23-21-12-6-4-10-19(21)20-11-5-7-13-22(20)23/h4-8,10-15,23,25H,3,9,16H2,1-2H3,(H,29,31)(H,30,34)(H,32,33). The van der Waals surface area contributed by atoms with Gasteiger partial charge < -0.3 is 20.5 Å². The van der Waals surface area contributed by atoms with Gasteiger partial charge in [0.2, 0.25) is 5.91 Å². The number of carboxylic acid groups (broad SMARTS) is 1. The van der Waals surface area contributed by atoms with Crippen molar-refractivity contribution in [2.45, 2.75) is 38.6 Å². The molecule has 0 aromatic heterocycles. The fraction of sp³-hybridized carbons (Fsp3) is 0.250. The Morgan fingerprint density at radius 2 is 1.57 bits per heavy atom. The lowest BCUT2D eigenvalue weighted by Crippen LogP contribution is -2.44. The van der Waals surface area contributed by atoms with E-state index in [0.717, 1.165) is 22.3 Å². The number of fused-ring (bicyclic) bond motifs is 3. The highest BCUT2D eigenvalue weighted by Crippen LogP contribution is 2.44. The lowest BCUT2D eigenvalue weighted by molar-refractivity contribution is -0.118. The fourth-order valence-electron chi connectivity index (χ4n) is 4.56. The first-order chi connectivity index (χ1) is 16.9. The molecule has 0 radical (unpaired) electrons. The molecule has 35 heavy (non-hydrogen) atoms. The van der Waals surface area contributed by atoms with Gasteiger partial charge in [0, 0.05) is 11.6 Å². The minimum atomic E-state index is -1.07. The number of carbonyl (C=O) groups excluding carboxylic acids is 2. The molecule has 4 rings (SSSR count). The summed E-state index contributed by atoms with van der Waals surface area (Å²) in [6.45, 7) is 3.70. The Kier molecular flexibility index (Phi) is 7.15. The van der Waals surface area contributed by atoms with Crippen molar-refractivity contribution in [1.29, 1.82) is 0 Å². The Morgan fingerprint density at radius 3 is 2.17 bits per heavy atom. The SMILES string of the molecule is CCCC(NC(=O)OCC1c2ccccc2-c2ccccc21)C(=O)Nc1cccc(C(=O)O)c1C. The van der Waals surface area contributed by atoms with E-state index in [9.17, 15) is 19.5 Å². The molecule has 1 atom stereocenters. The van der Waals surface area contributed by atoms with Gasteiger partial charge in [0.15, 0.2) is 0 Å². The molecule has 180 valence electrons. The third-order valence-electron chi connectivity index (χ3n) is 6.35. The van der Waals surface area contributed by atoms with Gasteiger partial charge in [0.25, 0.3) is 0 Å². The number of aromatic carboxylic acids is 1. The van der Waals surface area contributed by atoms with E-state index in [-0.39, 0.29) is 18.1 Å². The van der Waals surface area contributed by atoms with Gasteiger partial charge in [0.05, 0.1) is 5.56 Å². The van der Waals surface area contributed by atoms with Crippen molar-refractivity contribution in [2.24, 2.45) is 0 Å². The number of alkyl carbamates (subject to hydrolysis) is 1. The molecule has 0 bridgehead atoms. The average molecular weight is 473 g/mol. The number of anilines is 1. The first-order valence-electron chi connectivity index (χ1n) is 11.7. The summed E-state index contributed by atoms with van der Waals surface area (Å²) in [6.07, 6.45) is 0.403. The van der Waals surface area contributed by atoms with E-state index in [1.807, 2.05) is 43.3 Å². The maximum absolute atomic E-state index is 12.9. The first-order valence-corrected chi connectivity index (χ1v) is 11.7. The average Bonchev–Trinajstić information content (AvgIpc) is 3.17. The Morgan fingerprint density at radius 1 is 0.943 bits per heavy atom. The van der Waals surface area contributed by atoms with Crippen LogP contribution < -0.4 is 10.6 Å². The molecule has 7 heteroatoms. The molecular weight excluding hydrogens is 444 g/mol. The summed E-state index contributed by atoms with van der Waals surface area (Å²) in [4.78, 5) is 37.0. The van der Waals surface area contributed by atoms with Crippen LogP contribution in [0.1, 0.15) is 52.7 Å². The van der Waals surface area contributed by atoms with Crippen molar-refractivity contribution in [3.05, 3.63) is 89.0 Å². The van der Waals surface area contributed by atoms with Crippen molar-refractivity contribution >= 4 is 23.7 Å². The Balaban J connectivity index is 1.42. The van der Waals surface area contributed by atoms with Crippen molar-refractivity contribution in [1.82, 2.24) is 5.32 Å². The highest BCUT2D eigenvalue weighted by atomic mass is 16.5. The van der Waals surface area contributed by atoms with Crippen molar-refractivity contribution in [3.8, 4) is 11.1 Å². The maximum Gasteiger partial charge on any atom is 0.407 e. The molecule has 0 aliphatic heterocycles. The minimum absolute atomic E-state index is 0.0759. The summed E-state index contributed by atoms with van der Waals surface area (Å²) in [7, 11) is 0. The molecule has 3 N–H and O–H groups in total. The quantitative estimate of drug-likeness (QED) is 0.411. The third kappa shape index (κ3) is 5.04. The van der Waals surface area contributed by atoms with Crippen LogP contribution in [0.4, 0.5) is 10.5 Å². The van der Waals surface area contributed by atoms with Gasteiger partial charge in [-0.15, -0.1) is 0 Å². The van der Waals surface area contributed by atoms with E-state index in [4.69, 9.17) is 4.74 Å². The molecule has 0 saturated carbocycles. The predicted molar refractivity (Wildman–Crippen MR) is 134 cm³/mol. The van der Waals surface area contributed by atoms with Crippen LogP contribution in [0, 0.1) is 6.92 Å². The lowest BCUT2D eigenvalue weighted by atomic mass is 9.98. The number of carboxylic acids is 1. The second-order valence-electron chi connectivity index (χ2n) is 8.58. The minimum Gasteiger partial charge on any atom is -0.478 e. The third-order valence-corrected chi connectivity index (χ3v) is 6.35. The van der Waals surface area contributed by atoms with Gasteiger partial charge in [-0.05, 0) is 53.3 Å². The van der Waals surface area contributed by atoms with Gasteiger partial charge in [-0.3, -0.25) is 4.79 Å². The molecule has 2 amide bonds. The monoisotopic (exact) mass is 472 g/mol. The van der Waals surface area contributed by atoms with Crippen LogP contribution in [0.15, 0.2) is 66.7 Å². The second kappa shape index (κ2) is 10.4. The molecule has 1 unspecified atom stereocenters. The van der Waals surface area contributed by atoms with Crippen LogP contribution in [0.25, 0.3) is 11.1 Å². The van der Waals surface area contributed by atoms with E-state index in [1.54, 1.807) is 19.1 Å². The normalized spacial score (nSPS) is 12.9. The number of hydrogen-bond acceptors (Lipinski definition) is 4. The van der Waals surface area contributed by atoms with Crippen LogP contribution in [0.5, 0.6) is 0 Å². The van der Waals surface area contributed by atoms with Crippen LogP contribution in [-0.2, 0) is 9.53 Å². The molecule has 3 aromatic rings. The summed E-state index contributed by atoms with van der Waals surface area (Å²) in [5.41, 5.74) is 5.45. The number of benzene rings is 3. The molecule has 1 aliphatic rings. The smallest absolute Gasteiger partial charge is 0.407 e. The zero-order valence-corrected chi connectivity index (χ0v) is 19.7. The number of ether oxygens (including phenoxy) is 1. The predicted octanol–water partition coefficient (Wildman–Crippen LogP) is 5.34. The van der Waals surface area contributed by atoms with E-state index < -0.39 is 24.0 Å². The number of amides is 2. The zero-order chi connectivity index (χ0) is 24.9. The van der Waals surface area contributed by atoms with E-state index in [0.29, 0.717) is 24.1 Å². The topological polar surface area (TPSA) is 105 Å². The van der Waals surface area contributed by atoms with E-state index >= 15 is 0 Å². The molecule has 3 aromatic carbocycles. The molecule has 0 saturated heterocycles. The highest BCUT2D eigenvalue weighted by molar-refractivity contribution is 5.99. The maximum atomic E-state index is 12.9. The van der Waals surface area contributed by atoms with Gasteiger partial charge in [0.1, 0.15) is 12.6 Å². The number of carbonyl (C=O) groups is 3. The summed E-state index contributed by atoms with van der Waals surface area (Å²) in [5, 5.41) is 14.7. The molecule has 0 fully saturated rings. The van der Waals surface area contributed by atoms with E-state index in [2.05, 4.69) is 22.8 Å². The first kappa shape index (κ1) is 24.0. The summed E-state index contributed by atoms with van der Waals surface area (Å²) < 4.78 is 5.58. The van der Waals surface area contributed by atoms with Crippen LogP contribution in [0.3, 0.4) is 0 Å². The molecule has 7 nitrogen and oxygen atoms in total. The lowest BCUT2D eigenvalue weighted by Gasteiger charge is -2.20. The zero-order valence-electron chi connectivity index (χ0n) is 19.7. The number of nitrogens with one attached hydrogen (secondary N) is 2. The van der Waals surface area contributed by atoms with Crippen LogP contribution in [-0.4, -0.2) is 35.7 Å². The van der Waals surface area contributed by atoms with E-state index in [1.165, 1.54) is 6.07 Å². The van der Waals surface area contributed by atoms with Crippen LogP contribution >= 0.6 is 0 Å².